The van der Waals surface area contributed by atoms with Crippen molar-refractivity contribution in [3.05, 3.63) is 12.2 Å². The molecule has 0 fully saturated rings. The maximum absolute atomic E-state index is 11.7. The van der Waals surface area contributed by atoms with E-state index >= 15 is 0 Å². The van der Waals surface area contributed by atoms with Gasteiger partial charge >= 0.3 is 5.97 Å². The van der Waals surface area contributed by atoms with E-state index in [9.17, 15) is 4.79 Å². The summed E-state index contributed by atoms with van der Waals surface area (Å²) in [5.74, 6) is -0.269. The van der Waals surface area contributed by atoms with E-state index in [1.54, 1.807) is 6.92 Å². The molecule has 0 radical (unpaired) electrons. The standard InChI is InChI=1S/C18H35NO2/c1-6-9-10-11-12-13-14-15-17(19(7-2)8-3)21-18(20)16(4)5/h17H,4,6-15H2,1-3,5H3. The van der Waals surface area contributed by atoms with Crippen molar-refractivity contribution in [1.82, 2.24) is 4.90 Å². The molecule has 0 saturated heterocycles. The van der Waals surface area contributed by atoms with Crippen LogP contribution in [0.15, 0.2) is 12.2 Å². The lowest BCUT2D eigenvalue weighted by Gasteiger charge is -2.29. The number of rotatable bonds is 13. The second-order valence-corrected chi connectivity index (χ2v) is 5.77. The molecule has 0 N–H and O–H groups in total. The minimum absolute atomic E-state index is 0.0974. The quantitative estimate of drug-likeness (QED) is 0.209. The summed E-state index contributed by atoms with van der Waals surface area (Å²) in [5.41, 5.74) is 0.478. The van der Waals surface area contributed by atoms with Gasteiger partial charge in [0.05, 0.1) is 0 Å². The second-order valence-electron chi connectivity index (χ2n) is 5.77. The second kappa shape index (κ2) is 12.9. The summed E-state index contributed by atoms with van der Waals surface area (Å²) < 4.78 is 5.59. The summed E-state index contributed by atoms with van der Waals surface area (Å²) in [7, 11) is 0. The molecule has 0 aliphatic rings. The Balaban J connectivity index is 4.10. The van der Waals surface area contributed by atoms with Crippen molar-refractivity contribution in [2.75, 3.05) is 13.1 Å². The molecule has 0 amide bonds. The van der Waals surface area contributed by atoms with Crippen LogP contribution in [0.2, 0.25) is 0 Å². The fraction of sp³-hybridized carbons (Fsp3) is 0.833. The minimum Gasteiger partial charge on any atom is -0.443 e. The maximum atomic E-state index is 11.7. The van der Waals surface area contributed by atoms with Crippen LogP contribution in [0.3, 0.4) is 0 Å². The Hall–Kier alpha value is -0.830. The van der Waals surface area contributed by atoms with Crippen LogP contribution in [0.25, 0.3) is 0 Å². The molecule has 1 atom stereocenters. The third-order valence-corrected chi connectivity index (χ3v) is 3.87. The Morgan fingerprint density at radius 2 is 1.52 bits per heavy atom. The van der Waals surface area contributed by atoms with Gasteiger partial charge in [0.2, 0.25) is 0 Å². The maximum Gasteiger partial charge on any atom is 0.334 e. The lowest BCUT2D eigenvalue weighted by Crippen LogP contribution is -2.38. The first-order chi connectivity index (χ1) is 10.1. The van der Waals surface area contributed by atoms with Crippen molar-refractivity contribution < 1.29 is 9.53 Å². The predicted octanol–water partition coefficient (Wildman–Crippen LogP) is 4.91. The van der Waals surface area contributed by atoms with Gasteiger partial charge in [-0.25, -0.2) is 4.79 Å². The topological polar surface area (TPSA) is 29.5 Å². The average Bonchev–Trinajstić information content (AvgIpc) is 2.46. The third kappa shape index (κ3) is 9.67. The highest BCUT2D eigenvalue weighted by Gasteiger charge is 2.19. The van der Waals surface area contributed by atoms with Crippen LogP contribution in [0.1, 0.15) is 79.1 Å². The van der Waals surface area contributed by atoms with Crippen LogP contribution in [0.5, 0.6) is 0 Å². The van der Waals surface area contributed by atoms with Crippen LogP contribution in [-0.2, 0) is 9.53 Å². The zero-order valence-corrected chi connectivity index (χ0v) is 14.6. The van der Waals surface area contributed by atoms with E-state index in [-0.39, 0.29) is 12.2 Å². The first kappa shape index (κ1) is 20.2. The summed E-state index contributed by atoms with van der Waals surface area (Å²) in [6, 6.07) is 0. The Labute approximate surface area is 131 Å². The molecule has 0 heterocycles. The highest BCUT2D eigenvalue weighted by Crippen LogP contribution is 2.15. The van der Waals surface area contributed by atoms with Crippen molar-refractivity contribution in [3.8, 4) is 0 Å². The number of carbonyl (C=O) groups is 1. The Bertz CT molecular complexity index is 285. The van der Waals surface area contributed by atoms with Gasteiger partial charge in [-0.1, -0.05) is 65.9 Å². The highest BCUT2D eigenvalue weighted by atomic mass is 16.6. The normalized spacial score (nSPS) is 12.4. The van der Waals surface area contributed by atoms with Crippen molar-refractivity contribution in [2.45, 2.75) is 85.3 Å². The molecule has 1 unspecified atom stereocenters. The molecule has 0 rings (SSSR count). The molecule has 0 aliphatic carbocycles. The molecule has 0 aromatic carbocycles. The van der Waals surface area contributed by atoms with Crippen LogP contribution >= 0.6 is 0 Å². The molecule has 3 heteroatoms. The number of nitrogens with zero attached hydrogens (tertiary/aromatic N) is 1. The lowest BCUT2D eigenvalue weighted by atomic mass is 10.1. The van der Waals surface area contributed by atoms with E-state index in [2.05, 4.69) is 32.3 Å². The molecular formula is C18H35NO2. The van der Waals surface area contributed by atoms with Crippen molar-refractivity contribution in [3.63, 3.8) is 0 Å². The van der Waals surface area contributed by atoms with Gasteiger partial charge in [-0.15, -0.1) is 0 Å². The van der Waals surface area contributed by atoms with Crippen LogP contribution in [0, 0.1) is 0 Å². The fourth-order valence-corrected chi connectivity index (χ4v) is 2.45. The fourth-order valence-electron chi connectivity index (χ4n) is 2.45. The number of esters is 1. The van der Waals surface area contributed by atoms with Crippen LogP contribution in [-0.4, -0.2) is 30.2 Å². The monoisotopic (exact) mass is 297 g/mol. The molecule has 3 nitrogen and oxygen atoms in total. The van der Waals surface area contributed by atoms with Gasteiger partial charge in [0.15, 0.2) is 6.23 Å². The Morgan fingerprint density at radius 1 is 1.00 bits per heavy atom. The molecule has 0 saturated carbocycles. The number of hydrogen-bond donors (Lipinski definition) is 0. The average molecular weight is 297 g/mol. The number of hydrogen-bond acceptors (Lipinski definition) is 3. The van der Waals surface area contributed by atoms with E-state index < -0.39 is 0 Å². The summed E-state index contributed by atoms with van der Waals surface area (Å²) in [5, 5.41) is 0. The smallest absolute Gasteiger partial charge is 0.334 e. The lowest BCUT2D eigenvalue weighted by molar-refractivity contribution is -0.154. The van der Waals surface area contributed by atoms with E-state index in [0.29, 0.717) is 5.57 Å². The van der Waals surface area contributed by atoms with Crippen molar-refractivity contribution >= 4 is 5.97 Å². The molecule has 0 aromatic heterocycles. The van der Waals surface area contributed by atoms with Gasteiger partial charge in [0.25, 0.3) is 0 Å². The Morgan fingerprint density at radius 3 is 2.00 bits per heavy atom. The molecule has 124 valence electrons. The van der Waals surface area contributed by atoms with E-state index in [4.69, 9.17) is 4.74 Å². The molecule has 21 heavy (non-hydrogen) atoms. The van der Waals surface area contributed by atoms with Crippen LogP contribution < -0.4 is 0 Å². The van der Waals surface area contributed by atoms with Gasteiger partial charge in [0, 0.05) is 5.57 Å². The molecule has 0 aromatic rings. The van der Waals surface area contributed by atoms with E-state index in [0.717, 1.165) is 25.9 Å². The first-order valence-corrected chi connectivity index (χ1v) is 8.67. The third-order valence-electron chi connectivity index (χ3n) is 3.87. The first-order valence-electron chi connectivity index (χ1n) is 8.67. The summed E-state index contributed by atoms with van der Waals surface area (Å²) >= 11 is 0. The SMILES string of the molecule is C=C(C)C(=O)OC(CCCCCCCCC)N(CC)CC. The summed E-state index contributed by atoms with van der Waals surface area (Å²) in [6.45, 7) is 13.6. The molecule has 0 aliphatic heterocycles. The highest BCUT2D eigenvalue weighted by molar-refractivity contribution is 5.87. The van der Waals surface area contributed by atoms with Crippen LogP contribution in [0.4, 0.5) is 0 Å². The zero-order chi connectivity index (χ0) is 16.1. The summed E-state index contributed by atoms with van der Waals surface area (Å²) in [4.78, 5) is 14.0. The number of ether oxygens (including phenoxy) is 1. The molecule has 0 spiro atoms. The zero-order valence-electron chi connectivity index (χ0n) is 14.6. The number of carbonyl (C=O) groups excluding carboxylic acids is 1. The van der Waals surface area contributed by atoms with Gasteiger partial charge in [-0.3, -0.25) is 4.90 Å². The molecular weight excluding hydrogens is 262 g/mol. The van der Waals surface area contributed by atoms with Gasteiger partial charge in [-0.05, 0) is 32.9 Å². The minimum atomic E-state index is -0.269. The summed E-state index contributed by atoms with van der Waals surface area (Å²) in [6.07, 6.45) is 9.78. The molecule has 0 bridgehead atoms. The van der Waals surface area contributed by atoms with E-state index in [1.165, 1.54) is 38.5 Å². The predicted molar refractivity (Wildman–Crippen MR) is 90.2 cm³/mol. The number of unbranched alkanes of at least 4 members (excludes halogenated alkanes) is 6. The van der Waals surface area contributed by atoms with Crippen molar-refractivity contribution in [1.29, 1.82) is 0 Å². The van der Waals surface area contributed by atoms with Gasteiger partial charge < -0.3 is 4.74 Å². The van der Waals surface area contributed by atoms with Gasteiger partial charge in [-0.2, -0.15) is 0 Å². The van der Waals surface area contributed by atoms with E-state index in [1.807, 2.05) is 0 Å². The van der Waals surface area contributed by atoms with Gasteiger partial charge in [0.1, 0.15) is 0 Å². The van der Waals surface area contributed by atoms with Crippen molar-refractivity contribution in [2.24, 2.45) is 0 Å². The Kier molecular flexibility index (Phi) is 12.4. The largest absolute Gasteiger partial charge is 0.443 e.